The average molecular weight is 384 g/mol. The standard InChI is InChI=1S/C24H33NO3/c1-23(2)20-15-16-8-5-6-11-19(16)24(23,3)12-13-25(20)21(26)17-9-7-10-18(14-17)22(27)28-4/h5-6,8,11,17-18,20H,7,9-10,12-15H2,1-4H3/t17?,18?,20-,24+/m1/s1. The number of carbonyl (C=O) groups is 2. The van der Waals surface area contributed by atoms with Gasteiger partial charge in [-0.05, 0) is 48.6 Å². The molecular weight excluding hydrogens is 350 g/mol. The summed E-state index contributed by atoms with van der Waals surface area (Å²) in [5.41, 5.74) is 2.96. The molecule has 1 heterocycles. The molecule has 1 aromatic rings. The third-order valence-corrected chi connectivity index (χ3v) is 8.35. The van der Waals surface area contributed by atoms with Crippen molar-refractivity contribution in [3.05, 3.63) is 35.4 Å². The van der Waals surface area contributed by atoms with Crippen LogP contribution in [0.1, 0.15) is 64.0 Å². The molecule has 0 radical (unpaired) electrons. The van der Waals surface area contributed by atoms with Crippen molar-refractivity contribution >= 4 is 11.9 Å². The Hall–Kier alpha value is -1.84. The molecule has 0 N–H and O–H groups in total. The van der Waals surface area contributed by atoms with Crippen molar-refractivity contribution in [3.8, 4) is 0 Å². The molecule has 2 fully saturated rings. The van der Waals surface area contributed by atoms with Crippen LogP contribution in [0.3, 0.4) is 0 Å². The molecule has 2 unspecified atom stereocenters. The lowest BCUT2D eigenvalue weighted by Crippen LogP contribution is -2.65. The zero-order chi connectivity index (χ0) is 20.1. The Morgan fingerprint density at radius 1 is 1.11 bits per heavy atom. The fourth-order valence-electron chi connectivity index (χ4n) is 6.16. The third-order valence-electron chi connectivity index (χ3n) is 8.35. The number of likely N-dealkylation sites (tertiary alicyclic amines) is 1. The lowest BCUT2D eigenvalue weighted by atomic mass is 9.51. The fraction of sp³-hybridized carbons (Fsp3) is 0.667. The van der Waals surface area contributed by atoms with Gasteiger partial charge in [-0.3, -0.25) is 9.59 Å². The van der Waals surface area contributed by atoms with Crippen molar-refractivity contribution < 1.29 is 14.3 Å². The first-order chi connectivity index (χ1) is 13.3. The number of ether oxygens (including phenoxy) is 1. The first-order valence-electron chi connectivity index (χ1n) is 10.8. The van der Waals surface area contributed by atoms with Crippen molar-refractivity contribution in [2.24, 2.45) is 17.3 Å². The first-order valence-corrected chi connectivity index (χ1v) is 10.8. The van der Waals surface area contributed by atoms with Gasteiger partial charge in [0.2, 0.25) is 5.91 Å². The molecule has 0 aromatic heterocycles. The summed E-state index contributed by atoms with van der Waals surface area (Å²) < 4.78 is 4.95. The predicted octanol–water partition coefficient (Wildman–Crippen LogP) is 4.11. The van der Waals surface area contributed by atoms with E-state index in [1.165, 1.54) is 18.2 Å². The van der Waals surface area contributed by atoms with Gasteiger partial charge in [-0.25, -0.2) is 0 Å². The van der Waals surface area contributed by atoms with Gasteiger partial charge < -0.3 is 9.64 Å². The molecule has 2 bridgehead atoms. The first kappa shape index (κ1) is 19.5. The van der Waals surface area contributed by atoms with Crippen LogP contribution in [0.4, 0.5) is 0 Å². The van der Waals surface area contributed by atoms with Crippen LogP contribution in [0.2, 0.25) is 0 Å². The molecule has 1 saturated heterocycles. The molecular formula is C24H33NO3. The van der Waals surface area contributed by atoms with E-state index in [0.717, 1.165) is 38.6 Å². The highest BCUT2D eigenvalue weighted by atomic mass is 16.5. The van der Waals surface area contributed by atoms with Crippen molar-refractivity contribution in [1.82, 2.24) is 4.90 Å². The second kappa shape index (κ2) is 6.89. The molecule has 1 saturated carbocycles. The van der Waals surface area contributed by atoms with Gasteiger partial charge in [-0.1, -0.05) is 51.5 Å². The summed E-state index contributed by atoms with van der Waals surface area (Å²) in [6.45, 7) is 7.88. The van der Waals surface area contributed by atoms with Crippen LogP contribution in [0.15, 0.2) is 24.3 Å². The number of fused-ring (bicyclic) bond motifs is 4. The summed E-state index contributed by atoms with van der Waals surface area (Å²) in [5.74, 6) is -0.0678. The summed E-state index contributed by atoms with van der Waals surface area (Å²) in [7, 11) is 1.45. The van der Waals surface area contributed by atoms with Crippen LogP contribution in [0.5, 0.6) is 0 Å². The molecule has 0 spiro atoms. The Bertz CT molecular complexity index is 786. The second-order valence-electron chi connectivity index (χ2n) is 9.80. The maximum atomic E-state index is 13.6. The normalized spacial score (nSPS) is 33.7. The summed E-state index contributed by atoms with van der Waals surface area (Å²) >= 11 is 0. The van der Waals surface area contributed by atoms with E-state index in [2.05, 4.69) is 49.9 Å². The topological polar surface area (TPSA) is 46.6 Å². The van der Waals surface area contributed by atoms with Crippen molar-refractivity contribution in [2.45, 2.75) is 70.8 Å². The van der Waals surface area contributed by atoms with Crippen LogP contribution < -0.4 is 0 Å². The van der Waals surface area contributed by atoms with Crippen LogP contribution >= 0.6 is 0 Å². The maximum absolute atomic E-state index is 13.6. The van der Waals surface area contributed by atoms with E-state index >= 15 is 0 Å². The van der Waals surface area contributed by atoms with Crippen LogP contribution in [0, 0.1) is 17.3 Å². The maximum Gasteiger partial charge on any atom is 0.308 e. The Kier molecular flexibility index (Phi) is 4.79. The molecule has 28 heavy (non-hydrogen) atoms. The molecule has 1 amide bonds. The second-order valence-corrected chi connectivity index (χ2v) is 9.80. The number of hydrogen-bond donors (Lipinski definition) is 0. The van der Waals surface area contributed by atoms with E-state index in [1.54, 1.807) is 0 Å². The Morgan fingerprint density at radius 3 is 2.57 bits per heavy atom. The summed E-state index contributed by atoms with van der Waals surface area (Å²) in [6.07, 6.45) is 5.23. The summed E-state index contributed by atoms with van der Waals surface area (Å²) in [5, 5.41) is 0. The molecule has 4 rings (SSSR count). The van der Waals surface area contributed by atoms with Gasteiger partial charge in [-0.15, -0.1) is 0 Å². The number of esters is 1. The predicted molar refractivity (Wildman–Crippen MR) is 109 cm³/mol. The largest absolute Gasteiger partial charge is 0.469 e. The van der Waals surface area contributed by atoms with Gasteiger partial charge in [-0.2, -0.15) is 0 Å². The average Bonchev–Trinajstić information content (AvgIpc) is 2.70. The Labute approximate surface area is 168 Å². The SMILES string of the molecule is COC(=O)C1CCCC(C(=O)N2CC[C@@]3(C)c4ccccc4C[C@@H]2C3(C)C)C1. The van der Waals surface area contributed by atoms with E-state index in [0.29, 0.717) is 6.42 Å². The van der Waals surface area contributed by atoms with Gasteiger partial charge in [0.05, 0.1) is 13.0 Å². The van der Waals surface area contributed by atoms with Crippen LogP contribution in [0.25, 0.3) is 0 Å². The molecule has 152 valence electrons. The number of piperidine rings is 1. The van der Waals surface area contributed by atoms with E-state index in [1.807, 2.05) is 0 Å². The third kappa shape index (κ3) is 2.79. The van der Waals surface area contributed by atoms with Crippen molar-refractivity contribution in [2.75, 3.05) is 13.7 Å². The van der Waals surface area contributed by atoms with E-state index in [4.69, 9.17) is 4.74 Å². The zero-order valence-corrected chi connectivity index (χ0v) is 17.7. The van der Waals surface area contributed by atoms with Gasteiger partial charge in [0.15, 0.2) is 0 Å². The zero-order valence-electron chi connectivity index (χ0n) is 17.7. The van der Waals surface area contributed by atoms with Gasteiger partial charge in [0, 0.05) is 23.9 Å². The summed E-state index contributed by atoms with van der Waals surface area (Å²) in [6, 6.07) is 8.99. The molecule has 3 aliphatic rings. The highest BCUT2D eigenvalue weighted by Gasteiger charge is 2.57. The smallest absolute Gasteiger partial charge is 0.308 e. The van der Waals surface area contributed by atoms with Gasteiger partial charge in [0.1, 0.15) is 0 Å². The number of nitrogens with zero attached hydrogens (tertiary/aromatic N) is 1. The Morgan fingerprint density at radius 2 is 1.82 bits per heavy atom. The number of rotatable bonds is 2. The summed E-state index contributed by atoms with van der Waals surface area (Å²) in [4.78, 5) is 27.8. The van der Waals surface area contributed by atoms with Gasteiger partial charge in [0.25, 0.3) is 0 Å². The molecule has 1 aliphatic heterocycles. The molecule has 1 aromatic carbocycles. The fourth-order valence-corrected chi connectivity index (χ4v) is 6.16. The molecule has 2 aliphatic carbocycles. The number of amides is 1. The minimum Gasteiger partial charge on any atom is -0.469 e. The minimum absolute atomic E-state index is 0.0195. The van der Waals surface area contributed by atoms with Crippen molar-refractivity contribution in [1.29, 1.82) is 0 Å². The minimum atomic E-state index is -0.157. The van der Waals surface area contributed by atoms with Gasteiger partial charge >= 0.3 is 5.97 Å². The van der Waals surface area contributed by atoms with Crippen LogP contribution in [-0.2, 0) is 26.2 Å². The van der Waals surface area contributed by atoms with E-state index < -0.39 is 0 Å². The molecule has 4 nitrogen and oxygen atoms in total. The lowest BCUT2D eigenvalue weighted by Gasteiger charge is -2.61. The lowest BCUT2D eigenvalue weighted by molar-refractivity contribution is -0.153. The van der Waals surface area contributed by atoms with E-state index in [-0.39, 0.29) is 40.6 Å². The molecule has 4 atom stereocenters. The van der Waals surface area contributed by atoms with Crippen molar-refractivity contribution in [3.63, 3.8) is 0 Å². The number of benzene rings is 1. The highest BCUT2D eigenvalue weighted by Crippen LogP contribution is 2.56. The van der Waals surface area contributed by atoms with E-state index in [9.17, 15) is 9.59 Å². The monoisotopic (exact) mass is 383 g/mol. The number of methoxy groups -OCH3 is 1. The quantitative estimate of drug-likeness (QED) is 0.722. The number of hydrogen-bond acceptors (Lipinski definition) is 3. The molecule has 4 heteroatoms. The van der Waals surface area contributed by atoms with Crippen LogP contribution in [-0.4, -0.2) is 36.5 Å². The number of carbonyl (C=O) groups excluding carboxylic acids is 2. The Balaban J connectivity index is 1.61. The highest BCUT2D eigenvalue weighted by molar-refractivity contribution is 5.81.